The number of rotatable bonds is 8. The predicted octanol–water partition coefficient (Wildman–Crippen LogP) is 5.95. The molecule has 0 saturated carbocycles. The Morgan fingerprint density at radius 3 is 2.70 bits per heavy atom. The Hall–Kier alpha value is -2.42. The molecule has 0 N–H and O–H groups in total. The molecule has 154 valence electrons. The fourth-order valence-electron chi connectivity index (χ4n) is 2.91. The van der Waals surface area contributed by atoms with Crippen LogP contribution in [0.3, 0.4) is 0 Å². The van der Waals surface area contributed by atoms with Crippen LogP contribution in [0.15, 0.2) is 75.1 Å². The van der Waals surface area contributed by atoms with Crippen molar-refractivity contribution in [2.45, 2.75) is 16.3 Å². The lowest BCUT2D eigenvalue weighted by Gasteiger charge is -2.18. The number of para-hydroxylation sites is 1. The highest BCUT2D eigenvalue weighted by Crippen LogP contribution is 2.35. The first-order valence-corrected chi connectivity index (χ1v) is 12.2. The Morgan fingerprint density at radius 2 is 2.00 bits per heavy atom. The molecule has 0 bridgehead atoms. The zero-order chi connectivity index (χ0) is 20.9. The van der Waals surface area contributed by atoms with Gasteiger partial charge < -0.3 is 9.15 Å². The molecule has 1 amide bonds. The van der Waals surface area contributed by atoms with Crippen LogP contribution < -0.4 is 9.64 Å². The smallest absolute Gasteiger partial charge is 0.239 e. The summed E-state index contributed by atoms with van der Waals surface area (Å²) in [5.74, 6) is 1.81. The Bertz CT molecular complexity index is 1120. The van der Waals surface area contributed by atoms with Gasteiger partial charge in [0.15, 0.2) is 5.13 Å². The van der Waals surface area contributed by atoms with Crippen molar-refractivity contribution in [1.29, 1.82) is 0 Å². The molecule has 4 rings (SSSR count). The zero-order valence-corrected chi connectivity index (χ0v) is 19.0. The molecule has 0 spiro atoms. The summed E-state index contributed by atoms with van der Waals surface area (Å²) in [5, 5.41) is 0.684. The van der Waals surface area contributed by atoms with Crippen molar-refractivity contribution in [3.05, 3.63) is 66.6 Å². The summed E-state index contributed by atoms with van der Waals surface area (Å²) in [6, 6.07) is 17.5. The number of benzene rings is 2. The maximum Gasteiger partial charge on any atom is 0.239 e. The summed E-state index contributed by atoms with van der Waals surface area (Å²) in [7, 11) is 1.64. The van der Waals surface area contributed by atoms with Gasteiger partial charge in [-0.1, -0.05) is 17.4 Å². The number of carbonyl (C=O) groups is 1. The van der Waals surface area contributed by atoms with Gasteiger partial charge in [-0.25, -0.2) is 4.98 Å². The van der Waals surface area contributed by atoms with Gasteiger partial charge in [0.25, 0.3) is 0 Å². The van der Waals surface area contributed by atoms with Crippen LogP contribution in [0.2, 0.25) is 0 Å². The molecule has 8 heteroatoms. The average molecular weight is 457 g/mol. The van der Waals surface area contributed by atoms with E-state index in [2.05, 4.69) is 6.07 Å². The van der Waals surface area contributed by atoms with Crippen LogP contribution in [-0.2, 0) is 11.3 Å². The molecule has 0 aliphatic rings. The Balaban J connectivity index is 1.58. The summed E-state index contributed by atoms with van der Waals surface area (Å²) < 4.78 is 11.8. The van der Waals surface area contributed by atoms with Gasteiger partial charge in [0, 0.05) is 9.79 Å². The predicted molar refractivity (Wildman–Crippen MR) is 125 cm³/mol. The molecule has 5 nitrogen and oxygen atoms in total. The second-order valence-corrected chi connectivity index (χ2v) is 9.23. The van der Waals surface area contributed by atoms with Gasteiger partial charge in [0.05, 0.1) is 35.9 Å². The molecule has 4 aromatic rings. The van der Waals surface area contributed by atoms with Crippen molar-refractivity contribution in [2.24, 2.45) is 0 Å². The molecular formula is C22H20N2O3S3. The minimum Gasteiger partial charge on any atom is -0.497 e. The number of ether oxygens (including phenoxy) is 1. The van der Waals surface area contributed by atoms with Crippen molar-refractivity contribution >= 4 is 56.1 Å². The second kappa shape index (κ2) is 9.59. The van der Waals surface area contributed by atoms with E-state index in [-0.39, 0.29) is 5.91 Å². The van der Waals surface area contributed by atoms with Gasteiger partial charge in [0.1, 0.15) is 11.5 Å². The molecule has 30 heavy (non-hydrogen) atoms. The maximum absolute atomic E-state index is 13.2. The number of methoxy groups -OCH3 is 1. The number of furan rings is 1. The maximum atomic E-state index is 13.2. The van der Waals surface area contributed by atoms with Gasteiger partial charge in [-0.05, 0) is 54.8 Å². The van der Waals surface area contributed by atoms with Gasteiger partial charge in [-0.15, -0.1) is 23.5 Å². The normalized spacial score (nSPS) is 11.0. The first kappa shape index (κ1) is 20.8. The highest BCUT2D eigenvalue weighted by Gasteiger charge is 2.22. The number of fused-ring (bicyclic) bond motifs is 1. The quantitative estimate of drug-likeness (QED) is 0.306. The number of aromatic nitrogens is 1. The van der Waals surface area contributed by atoms with Crippen LogP contribution in [0.5, 0.6) is 5.75 Å². The molecule has 0 aliphatic heterocycles. The zero-order valence-electron chi connectivity index (χ0n) is 16.5. The lowest BCUT2D eigenvalue weighted by Crippen LogP contribution is -2.31. The van der Waals surface area contributed by atoms with E-state index >= 15 is 0 Å². The molecular weight excluding hydrogens is 436 g/mol. The largest absolute Gasteiger partial charge is 0.497 e. The Kier molecular flexibility index (Phi) is 6.66. The van der Waals surface area contributed by atoms with E-state index < -0.39 is 0 Å². The van der Waals surface area contributed by atoms with Crippen molar-refractivity contribution in [1.82, 2.24) is 4.98 Å². The molecule has 0 radical (unpaired) electrons. The summed E-state index contributed by atoms with van der Waals surface area (Å²) in [6.07, 6.45) is 3.65. The fraction of sp³-hybridized carbons (Fsp3) is 0.182. The van der Waals surface area contributed by atoms with E-state index in [9.17, 15) is 4.79 Å². The molecule has 0 unspecified atom stereocenters. The number of amides is 1. The summed E-state index contributed by atoms with van der Waals surface area (Å²) in [4.78, 5) is 21.8. The lowest BCUT2D eigenvalue weighted by molar-refractivity contribution is -0.116. The van der Waals surface area contributed by atoms with Crippen molar-refractivity contribution < 1.29 is 13.9 Å². The van der Waals surface area contributed by atoms with Gasteiger partial charge in [0.2, 0.25) is 5.91 Å². The van der Waals surface area contributed by atoms with E-state index in [1.54, 1.807) is 30.0 Å². The van der Waals surface area contributed by atoms with Gasteiger partial charge in [-0.3, -0.25) is 9.69 Å². The first-order chi connectivity index (χ1) is 14.7. The van der Waals surface area contributed by atoms with Crippen LogP contribution in [0, 0.1) is 0 Å². The van der Waals surface area contributed by atoms with Crippen molar-refractivity contribution in [3.8, 4) is 5.75 Å². The monoisotopic (exact) mass is 456 g/mol. The van der Waals surface area contributed by atoms with E-state index in [0.717, 1.165) is 31.5 Å². The minimum absolute atomic E-state index is 0.0167. The van der Waals surface area contributed by atoms with Crippen LogP contribution in [0.1, 0.15) is 5.76 Å². The van der Waals surface area contributed by atoms with Crippen LogP contribution >= 0.6 is 34.9 Å². The van der Waals surface area contributed by atoms with Crippen LogP contribution in [0.25, 0.3) is 10.2 Å². The molecule has 2 aromatic carbocycles. The average Bonchev–Trinajstić information content (AvgIpc) is 3.45. The number of thioether (sulfide) groups is 2. The molecule has 0 atom stereocenters. The Labute approximate surface area is 187 Å². The van der Waals surface area contributed by atoms with Crippen LogP contribution in [-0.4, -0.2) is 30.0 Å². The number of nitrogens with zero attached hydrogens (tertiary/aromatic N) is 2. The van der Waals surface area contributed by atoms with Gasteiger partial charge in [-0.2, -0.15) is 0 Å². The van der Waals surface area contributed by atoms with E-state index in [1.807, 2.05) is 54.8 Å². The highest BCUT2D eigenvalue weighted by molar-refractivity contribution is 8.00. The van der Waals surface area contributed by atoms with Crippen molar-refractivity contribution in [3.63, 3.8) is 0 Å². The number of hydrogen-bond acceptors (Lipinski definition) is 7. The molecule has 0 saturated heterocycles. The summed E-state index contributed by atoms with van der Waals surface area (Å²) >= 11 is 4.67. The third kappa shape index (κ3) is 4.66. The molecule has 0 fully saturated rings. The highest BCUT2D eigenvalue weighted by atomic mass is 32.2. The molecule has 0 aliphatic carbocycles. The van der Waals surface area contributed by atoms with E-state index in [0.29, 0.717) is 17.4 Å². The number of hydrogen-bond donors (Lipinski definition) is 0. The van der Waals surface area contributed by atoms with E-state index in [4.69, 9.17) is 14.1 Å². The standard InChI is InChI=1S/C22H20N2O3S3/c1-26-15-8-10-17(11-9-15)29-14-20(25)24(13-16-5-4-12-27-16)22-23-21-18(28-2)6-3-7-19(21)30-22/h3-12H,13-14H2,1-2H3. The Morgan fingerprint density at radius 1 is 1.17 bits per heavy atom. The second-order valence-electron chi connectivity index (χ2n) is 6.33. The summed E-state index contributed by atoms with van der Waals surface area (Å²) in [5.41, 5.74) is 0.935. The minimum atomic E-state index is -0.0167. The number of thiazole rings is 1. The topological polar surface area (TPSA) is 55.6 Å². The third-order valence-corrected chi connectivity index (χ3v) is 7.25. The molecule has 2 heterocycles. The van der Waals surface area contributed by atoms with Crippen LogP contribution in [0.4, 0.5) is 5.13 Å². The number of carbonyl (C=O) groups excluding carboxylic acids is 1. The summed E-state index contributed by atoms with van der Waals surface area (Å²) in [6.45, 7) is 0.351. The molecule has 2 aromatic heterocycles. The van der Waals surface area contributed by atoms with E-state index in [1.165, 1.54) is 23.1 Å². The first-order valence-electron chi connectivity index (χ1n) is 9.21. The van der Waals surface area contributed by atoms with Crippen molar-refractivity contribution in [2.75, 3.05) is 24.0 Å². The fourth-order valence-corrected chi connectivity index (χ4v) is 5.32. The lowest BCUT2D eigenvalue weighted by atomic mass is 10.3. The van der Waals surface area contributed by atoms with Gasteiger partial charge >= 0.3 is 0 Å². The SMILES string of the molecule is COc1ccc(SCC(=O)N(Cc2ccco2)c2nc3c(SC)cccc3s2)cc1. The third-order valence-electron chi connectivity index (χ3n) is 4.44. The number of anilines is 1.